The Bertz CT molecular complexity index is 418. The van der Waals surface area contributed by atoms with Gasteiger partial charge in [-0.1, -0.05) is 0 Å². The van der Waals surface area contributed by atoms with Crippen LogP contribution in [-0.4, -0.2) is 23.3 Å². The zero-order valence-electron chi connectivity index (χ0n) is 10.3. The molecule has 0 aromatic heterocycles. The van der Waals surface area contributed by atoms with Gasteiger partial charge in [-0.3, -0.25) is 0 Å². The lowest BCUT2D eigenvalue weighted by Gasteiger charge is -2.32. The molecule has 4 heteroatoms. The zero-order valence-corrected chi connectivity index (χ0v) is 12.0. The molecule has 1 N–H and O–H groups in total. The highest BCUT2D eigenvalue weighted by Crippen LogP contribution is 2.37. The van der Waals surface area contributed by atoms with Gasteiger partial charge in [0.25, 0.3) is 0 Å². The molecule has 1 nitrogen and oxygen atoms in total. The molecule has 1 saturated heterocycles. The van der Waals surface area contributed by atoms with Crippen LogP contribution in [0.1, 0.15) is 30.9 Å². The molecule has 1 aromatic rings. The van der Waals surface area contributed by atoms with E-state index in [1.807, 2.05) is 29.6 Å². The van der Waals surface area contributed by atoms with Crippen molar-refractivity contribution in [2.45, 2.75) is 36.2 Å². The van der Waals surface area contributed by atoms with Crippen molar-refractivity contribution < 1.29 is 4.39 Å². The average Bonchev–Trinajstić information content (AvgIpc) is 2.41. The number of rotatable bonds is 2. The smallest absolute Gasteiger partial charge is 0.123 e. The summed E-state index contributed by atoms with van der Waals surface area (Å²) in [6.45, 7) is 0. The fourth-order valence-electron chi connectivity index (χ4n) is 2.69. The monoisotopic (exact) mass is 283 g/mol. The maximum Gasteiger partial charge on any atom is 0.123 e. The van der Waals surface area contributed by atoms with Crippen LogP contribution in [0.2, 0.25) is 0 Å². The van der Waals surface area contributed by atoms with Crippen molar-refractivity contribution in [2.24, 2.45) is 0 Å². The molecule has 18 heavy (non-hydrogen) atoms. The molecule has 0 bridgehead atoms. The number of thioether (sulfide) groups is 2. The Morgan fingerprint density at radius 1 is 1.11 bits per heavy atom. The minimum atomic E-state index is -0.109. The molecular formula is C14H18FNS2. The zero-order chi connectivity index (χ0) is 12.4. The minimum absolute atomic E-state index is 0.109. The molecule has 1 aromatic carbocycles. The molecule has 2 aliphatic heterocycles. The summed E-state index contributed by atoms with van der Waals surface area (Å²) in [5, 5.41) is 3.75. The van der Waals surface area contributed by atoms with E-state index in [1.54, 1.807) is 12.1 Å². The van der Waals surface area contributed by atoms with E-state index in [0.717, 1.165) is 12.2 Å². The standard InChI is InChI=1S/C14H18FNS2/c15-10-1-2-14-12(9-10)13(5-8-18-14)16-11-3-6-17-7-4-11/h1-2,9,11,13,16H,3-8H2. The molecular weight excluding hydrogens is 265 g/mol. The van der Waals surface area contributed by atoms with Crippen LogP contribution >= 0.6 is 23.5 Å². The van der Waals surface area contributed by atoms with Gasteiger partial charge in [-0.25, -0.2) is 4.39 Å². The summed E-state index contributed by atoms with van der Waals surface area (Å²) < 4.78 is 13.4. The van der Waals surface area contributed by atoms with Gasteiger partial charge in [0.15, 0.2) is 0 Å². The summed E-state index contributed by atoms with van der Waals surface area (Å²) >= 11 is 3.90. The normalized spacial score (nSPS) is 24.8. The largest absolute Gasteiger partial charge is 0.307 e. The van der Waals surface area contributed by atoms with E-state index in [2.05, 4.69) is 5.32 Å². The van der Waals surface area contributed by atoms with E-state index >= 15 is 0 Å². The fourth-order valence-corrected chi connectivity index (χ4v) is 4.90. The molecule has 1 atom stereocenters. The predicted molar refractivity (Wildman–Crippen MR) is 78.0 cm³/mol. The first-order valence-corrected chi connectivity index (χ1v) is 8.73. The highest BCUT2D eigenvalue weighted by molar-refractivity contribution is 7.99. The maximum atomic E-state index is 13.4. The lowest BCUT2D eigenvalue weighted by molar-refractivity contribution is 0.400. The molecule has 0 saturated carbocycles. The van der Waals surface area contributed by atoms with Gasteiger partial charge in [0.1, 0.15) is 5.82 Å². The van der Waals surface area contributed by atoms with Crippen LogP contribution in [0, 0.1) is 5.82 Å². The fraction of sp³-hybridized carbons (Fsp3) is 0.571. The highest BCUT2D eigenvalue weighted by Gasteiger charge is 2.24. The Hall–Kier alpha value is -0.190. The first-order chi connectivity index (χ1) is 8.83. The van der Waals surface area contributed by atoms with Crippen molar-refractivity contribution in [3.63, 3.8) is 0 Å². The van der Waals surface area contributed by atoms with Gasteiger partial charge in [0.05, 0.1) is 0 Å². The number of hydrogen-bond acceptors (Lipinski definition) is 3. The van der Waals surface area contributed by atoms with Crippen LogP contribution in [0.15, 0.2) is 23.1 Å². The van der Waals surface area contributed by atoms with Crippen LogP contribution in [0.25, 0.3) is 0 Å². The molecule has 0 radical (unpaired) electrons. The minimum Gasteiger partial charge on any atom is -0.307 e. The number of hydrogen-bond donors (Lipinski definition) is 1. The number of benzene rings is 1. The first kappa shape index (κ1) is 12.8. The molecule has 2 heterocycles. The summed E-state index contributed by atoms with van der Waals surface area (Å²) in [6, 6.07) is 6.20. The van der Waals surface area contributed by atoms with E-state index in [9.17, 15) is 4.39 Å². The number of nitrogens with one attached hydrogen (secondary N) is 1. The van der Waals surface area contributed by atoms with Crippen molar-refractivity contribution in [3.8, 4) is 0 Å². The topological polar surface area (TPSA) is 12.0 Å². The van der Waals surface area contributed by atoms with Crippen LogP contribution < -0.4 is 5.32 Å². The van der Waals surface area contributed by atoms with Gasteiger partial charge in [-0.05, 0) is 60.3 Å². The van der Waals surface area contributed by atoms with Crippen molar-refractivity contribution >= 4 is 23.5 Å². The molecule has 0 spiro atoms. The molecule has 3 rings (SSSR count). The Kier molecular flexibility index (Phi) is 4.16. The van der Waals surface area contributed by atoms with E-state index in [1.165, 1.54) is 34.8 Å². The quantitative estimate of drug-likeness (QED) is 0.885. The van der Waals surface area contributed by atoms with E-state index in [-0.39, 0.29) is 5.82 Å². The summed E-state index contributed by atoms with van der Waals surface area (Å²) in [7, 11) is 0. The van der Waals surface area contributed by atoms with Crippen LogP contribution in [-0.2, 0) is 0 Å². The Labute approximate surface area is 116 Å². The third-order valence-electron chi connectivity index (χ3n) is 3.67. The van der Waals surface area contributed by atoms with Crippen LogP contribution in [0.4, 0.5) is 4.39 Å². The SMILES string of the molecule is Fc1ccc2c(c1)C(NC1CCSCC1)CCS2. The van der Waals surface area contributed by atoms with Gasteiger partial charge >= 0.3 is 0 Å². The Balaban J connectivity index is 1.75. The molecule has 98 valence electrons. The Morgan fingerprint density at radius 3 is 2.78 bits per heavy atom. The van der Waals surface area contributed by atoms with Crippen LogP contribution in [0.3, 0.4) is 0 Å². The second-order valence-corrected chi connectivity index (χ2v) is 7.29. The van der Waals surface area contributed by atoms with Gasteiger partial charge < -0.3 is 5.32 Å². The Morgan fingerprint density at radius 2 is 1.94 bits per heavy atom. The average molecular weight is 283 g/mol. The second kappa shape index (κ2) is 5.85. The summed E-state index contributed by atoms with van der Waals surface area (Å²) in [4.78, 5) is 1.25. The maximum absolute atomic E-state index is 13.4. The molecule has 0 aliphatic carbocycles. The highest BCUT2D eigenvalue weighted by atomic mass is 32.2. The third-order valence-corrected chi connectivity index (χ3v) is 5.84. The molecule has 1 fully saturated rings. The van der Waals surface area contributed by atoms with Gasteiger partial charge in [0.2, 0.25) is 0 Å². The van der Waals surface area contributed by atoms with Crippen molar-refractivity contribution in [2.75, 3.05) is 17.3 Å². The predicted octanol–water partition coefficient (Wildman–Crippen LogP) is 3.85. The summed E-state index contributed by atoms with van der Waals surface area (Å²) in [5.41, 5.74) is 1.17. The van der Waals surface area contributed by atoms with Gasteiger partial charge in [-0.15, -0.1) is 11.8 Å². The first-order valence-electron chi connectivity index (χ1n) is 6.59. The van der Waals surface area contributed by atoms with Gasteiger partial charge in [0, 0.05) is 17.0 Å². The van der Waals surface area contributed by atoms with Crippen molar-refractivity contribution in [3.05, 3.63) is 29.6 Å². The number of fused-ring (bicyclic) bond motifs is 1. The second-order valence-electron chi connectivity index (χ2n) is 4.93. The van der Waals surface area contributed by atoms with Gasteiger partial charge in [-0.2, -0.15) is 11.8 Å². The van der Waals surface area contributed by atoms with Crippen molar-refractivity contribution in [1.82, 2.24) is 5.32 Å². The van der Waals surface area contributed by atoms with Crippen LogP contribution in [0.5, 0.6) is 0 Å². The molecule has 1 unspecified atom stereocenters. The number of halogens is 1. The lowest BCUT2D eigenvalue weighted by Crippen LogP contribution is -2.37. The summed E-state index contributed by atoms with van der Waals surface area (Å²) in [5.74, 6) is 3.55. The molecule has 0 amide bonds. The van der Waals surface area contributed by atoms with E-state index in [4.69, 9.17) is 0 Å². The van der Waals surface area contributed by atoms with Crippen molar-refractivity contribution in [1.29, 1.82) is 0 Å². The summed E-state index contributed by atoms with van der Waals surface area (Å²) in [6.07, 6.45) is 3.61. The van der Waals surface area contributed by atoms with E-state index in [0.29, 0.717) is 12.1 Å². The third kappa shape index (κ3) is 2.86. The lowest BCUT2D eigenvalue weighted by atomic mass is 10.0. The molecule has 2 aliphatic rings. The van der Waals surface area contributed by atoms with E-state index < -0.39 is 0 Å².